The number of rotatable bonds is 2. The Morgan fingerprint density at radius 1 is 1.50 bits per heavy atom. The van der Waals surface area contributed by atoms with Crippen LogP contribution < -0.4 is 5.32 Å². The number of carbonyl (C=O) groups excluding carboxylic acids is 1. The van der Waals surface area contributed by atoms with Gasteiger partial charge in [0.05, 0.1) is 11.8 Å². The van der Waals surface area contributed by atoms with Crippen LogP contribution in [0.15, 0.2) is 12.4 Å². The van der Waals surface area contributed by atoms with Crippen LogP contribution in [-0.4, -0.2) is 22.7 Å². The van der Waals surface area contributed by atoms with Crippen LogP contribution in [0.3, 0.4) is 0 Å². The molecule has 1 heterocycles. The number of hydrogen-bond donors (Lipinski definition) is 1. The molecule has 0 aliphatic rings. The Hall–Kier alpha value is -1.32. The molecule has 0 aliphatic carbocycles. The first kappa shape index (κ1) is 12.7. The van der Waals surface area contributed by atoms with E-state index < -0.39 is 0 Å². The van der Waals surface area contributed by atoms with E-state index in [-0.39, 0.29) is 5.91 Å². The predicted molar refractivity (Wildman–Crippen MR) is 57.4 cm³/mol. The molecule has 0 spiro atoms. The van der Waals surface area contributed by atoms with Gasteiger partial charge in [-0.1, -0.05) is 13.8 Å². The molecule has 0 fully saturated rings. The first-order chi connectivity index (χ1) is 6.65. The van der Waals surface area contributed by atoms with E-state index in [2.05, 4.69) is 10.4 Å². The zero-order valence-electron chi connectivity index (χ0n) is 9.53. The average Bonchev–Trinajstić information content (AvgIpc) is 2.68. The van der Waals surface area contributed by atoms with Gasteiger partial charge >= 0.3 is 0 Å². The normalized spacial score (nSPS) is 9.29. The number of aromatic nitrogens is 2. The van der Waals surface area contributed by atoms with Crippen LogP contribution in [0, 0.1) is 0 Å². The summed E-state index contributed by atoms with van der Waals surface area (Å²) in [5, 5.41) is 6.58. The van der Waals surface area contributed by atoms with Crippen molar-refractivity contribution in [3.63, 3.8) is 0 Å². The monoisotopic (exact) mass is 197 g/mol. The fourth-order valence-corrected chi connectivity index (χ4v) is 0.882. The SMILES string of the molecule is CC.CNC(=O)c1cnn(C(C)C)c1. The van der Waals surface area contributed by atoms with Crippen molar-refractivity contribution >= 4 is 5.91 Å². The summed E-state index contributed by atoms with van der Waals surface area (Å²) in [5.41, 5.74) is 0.603. The Morgan fingerprint density at radius 2 is 2.07 bits per heavy atom. The van der Waals surface area contributed by atoms with Gasteiger partial charge in [0.15, 0.2) is 0 Å². The van der Waals surface area contributed by atoms with Gasteiger partial charge in [0.25, 0.3) is 5.91 Å². The largest absolute Gasteiger partial charge is 0.355 e. The molecule has 0 aromatic carbocycles. The Labute approximate surface area is 85.3 Å². The van der Waals surface area contributed by atoms with E-state index in [1.807, 2.05) is 27.7 Å². The second-order valence-electron chi connectivity index (χ2n) is 2.88. The number of hydrogen-bond acceptors (Lipinski definition) is 2. The first-order valence-corrected chi connectivity index (χ1v) is 4.91. The molecule has 1 amide bonds. The average molecular weight is 197 g/mol. The lowest BCUT2D eigenvalue weighted by Crippen LogP contribution is -2.17. The highest BCUT2D eigenvalue weighted by Crippen LogP contribution is 2.04. The lowest BCUT2D eigenvalue weighted by atomic mass is 10.3. The fourth-order valence-electron chi connectivity index (χ4n) is 0.882. The summed E-state index contributed by atoms with van der Waals surface area (Å²) in [6.07, 6.45) is 3.31. The molecule has 0 saturated heterocycles. The molecule has 1 aromatic heterocycles. The van der Waals surface area contributed by atoms with E-state index in [1.165, 1.54) is 0 Å². The summed E-state index contributed by atoms with van der Waals surface area (Å²) in [6.45, 7) is 8.03. The highest BCUT2D eigenvalue weighted by Gasteiger charge is 2.06. The number of nitrogens with zero attached hydrogens (tertiary/aromatic N) is 2. The van der Waals surface area contributed by atoms with Crippen molar-refractivity contribution in [1.82, 2.24) is 15.1 Å². The number of carbonyl (C=O) groups is 1. The highest BCUT2D eigenvalue weighted by molar-refractivity contribution is 5.93. The van der Waals surface area contributed by atoms with Gasteiger partial charge < -0.3 is 5.32 Å². The summed E-state index contributed by atoms with van der Waals surface area (Å²) in [5.74, 6) is -0.0955. The van der Waals surface area contributed by atoms with Gasteiger partial charge in [-0.15, -0.1) is 0 Å². The van der Waals surface area contributed by atoms with E-state index >= 15 is 0 Å². The third kappa shape index (κ3) is 3.20. The van der Waals surface area contributed by atoms with Gasteiger partial charge in [-0.2, -0.15) is 5.10 Å². The van der Waals surface area contributed by atoms with Crippen molar-refractivity contribution in [2.45, 2.75) is 33.7 Å². The third-order valence-corrected chi connectivity index (χ3v) is 1.62. The van der Waals surface area contributed by atoms with Crippen LogP contribution in [-0.2, 0) is 0 Å². The molecule has 0 aliphatic heterocycles. The van der Waals surface area contributed by atoms with Crippen molar-refractivity contribution in [1.29, 1.82) is 0 Å². The Balaban J connectivity index is 0.000000791. The predicted octanol–water partition coefficient (Wildman–Crippen LogP) is 1.85. The van der Waals surface area contributed by atoms with E-state index in [0.29, 0.717) is 11.6 Å². The summed E-state index contributed by atoms with van der Waals surface area (Å²) in [6, 6.07) is 0.295. The van der Waals surface area contributed by atoms with Crippen LogP contribution in [0.25, 0.3) is 0 Å². The molecule has 4 nitrogen and oxygen atoms in total. The topological polar surface area (TPSA) is 46.9 Å². The molecular formula is C10H19N3O. The minimum absolute atomic E-state index is 0.0955. The van der Waals surface area contributed by atoms with E-state index in [0.717, 1.165) is 0 Å². The van der Waals surface area contributed by atoms with Crippen molar-refractivity contribution in [2.24, 2.45) is 0 Å². The summed E-state index contributed by atoms with van der Waals surface area (Å²) >= 11 is 0. The molecular weight excluding hydrogens is 178 g/mol. The minimum atomic E-state index is -0.0955. The molecule has 0 atom stereocenters. The maximum absolute atomic E-state index is 11.1. The fraction of sp³-hybridized carbons (Fsp3) is 0.600. The summed E-state index contributed by atoms with van der Waals surface area (Å²) in [7, 11) is 1.61. The van der Waals surface area contributed by atoms with Crippen molar-refractivity contribution in [2.75, 3.05) is 7.05 Å². The molecule has 4 heteroatoms. The van der Waals surface area contributed by atoms with Crippen LogP contribution in [0.5, 0.6) is 0 Å². The summed E-state index contributed by atoms with van der Waals surface area (Å²) in [4.78, 5) is 11.1. The zero-order valence-corrected chi connectivity index (χ0v) is 9.53. The molecule has 0 bridgehead atoms. The van der Waals surface area contributed by atoms with Crippen molar-refractivity contribution < 1.29 is 4.79 Å². The van der Waals surface area contributed by atoms with Crippen LogP contribution in [0.1, 0.15) is 44.1 Å². The Bertz CT molecular complexity index is 279. The third-order valence-electron chi connectivity index (χ3n) is 1.62. The van der Waals surface area contributed by atoms with Crippen LogP contribution >= 0.6 is 0 Å². The van der Waals surface area contributed by atoms with Gasteiger partial charge in [-0.05, 0) is 13.8 Å². The Morgan fingerprint density at radius 3 is 2.43 bits per heavy atom. The van der Waals surface area contributed by atoms with Crippen molar-refractivity contribution in [3.05, 3.63) is 18.0 Å². The molecule has 80 valence electrons. The van der Waals surface area contributed by atoms with E-state index in [4.69, 9.17) is 0 Å². The van der Waals surface area contributed by atoms with Gasteiger partial charge in [0.1, 0.15) is 0 Å². The van der Waals surface area contributed by atoms with Crippen LogP contribution in [0.4, 0.5) is 0 Å². The van der Waals surface area contributed by atoms with Gasteiger partial charge in [-0.3, -0.25) is 9.48 Å². The molecule has 0 radical (unpaired) electrons. The Kier molecular flexibility index (Phi) is 5.60. The quantitative estimate of drug-likeness (QED) is 0.786. The smallest absolute Gasteiger partial charge is 0.254 e. The molecule has 1 aromatic rings. The van der Waals surface area contributed by atoms with Gasteiger partial charge in [0, 0.05) is 19.3 Å². The van der Waals surface area contributed by atoms with Gasteiger partial charge in [-0.25, -0.2) is 0 Å². The maximum Gasteiger partial charge on any atom is 0.254 e. The first-order valence-electron chi connectivity index (χ1n) is 4.91. The molecule has 1 N–H and O–H groups in total. The second kappa shape index (κ2) is 6.18. The lowest BCUT2D eigenvalue weighted by Gasteiger charge is -2.02. The lowest BCUT2D eigenvalue weighted by molar-refractivity contribution is 0.0963. The van der Waals surface area contributed by atoms with Crippen LogP contribution in [0.2, 0.25) is 0 Å². The standard InChI is InChI=1S/C8H13N3O.C2H6/c1-6(2)11-5-7(4-10-11)8(12)9-3;1-2/h4-6H,1-3H3,(H,9,12);1-2H3. The molecule has 0 unspecified atom stereocenters. The van der Waals surface area contributed by atoms with E-state index in [1.54, 1.807) is 24.1 Å². The van der Waals surface area contributed by atoms with E-state index in [9.17, 15) is 4.79 Å². The number of amides is 1. The molecule has 14 heavy (non-hydrogen) atoms. The second-order valence-corrected chi connectivity index (χ2v) is 2.88. The van der Waals surface area contributed by atoms with Crippen molar-refractivity contribution in [3.8, 4) is 0 Å². The van der Waals surface area contributed by atoms with Gasteiger partial charge in [0.2, 0.25) is 0 Å². The highest BCUT2D eigenvalue weighted by atomic mass is 16.1. The number of nitrogens with one attached hydrogen (secondary N) is 1. The zero-order chi connectivity index (χ0) is 11.1. The summed E-state index contributed by atoms with van der Waals surface area (Å²) < 4.78 is 1.75. The molecule has 1 rings (SSSR count). The maximum atomic E-state index is 11.1. The minimum Gasteiger partial charge on any atom is -0.355 e. The molecule has 0 saturated carbocycles.